The molecule has 0 radical (unpaired) electrons. The molecule has 0 fully saturated rings. The predicted octanol–water partition coefficient (Wildman–Crippen LogP) is 5.45. The zero-order valence-corrected chi connectivity index (χ0v) is 16.8. The van der Waals surface area contributed by atoms with Crippen LogP contribution in [0.2, 0.25) is 0 Å². The first kappa shape index (κ1) is 18.3. The summed E-state index contributed by atoms with van der Waals surface area (Å²) in [6.45, 7) is 2.16. The minimum absolute atomic E-state index is 0.874. The highest BCUT2D eigenvalue weighted by molar-refractivity contribution is 9.10. The third-order valence-electron chi connectivity index (χ3n) is 4.03. The first-order valence-corrected chi connectivity index (χ1v) is 10.4. The van der Waals surface area contributed by atoms with Crippen molar-refractivity contribution in [1.29, 1.82) is 0 Å². The fraction of sp³-hybridized carbons (Fsp3) is 0.368. The molecule has 4 nitrogen and oxygen atoms in total. The summed E-state index contributed by atoms with van der Waals surface area (Å²) in [5.41, 5.74) is 6.12. The molecule has 1 heterocycles. The highest BCUT2D eigenvalue weighted by Gasteiger charge is 2.12. The van der Waals surface area contributed by atoms with Crippen LogP contribution in [0.3, 0.4) is 0 Å². The number of thioether (sulfide) groups is 1. The number of rotatable bonds is 7. The normalized spacial score (nSPS) is 15.7. The van der Waals surface area contributed by atoms with Gasteiger partial charge in [-0.3, -0.25) is 5.43 Å². The molecule has 0 saturated heterocycles. The number of hydrogen-bond donors (Lipinski definition) is 1. The molecular weight excluding hydrogens is 396 g/mol. The molecule has 1 aromatic heterocycles. The van der Waals surface area contributed by atoms with E-state index in [2.05, 4.69) is 81.1 Å². The van der Waals surface area contributed by atoms with Crippen molar-refractivity contribution in [2.75, 3.05) is 5.43 Å². The van der Waals surface area contributed by atoms with E-state index in [4.69, 9.17) is 0 Å². The molecular formula is C19H23BrN4S. The molecule has 1 aromatic carbocycles. The number of allylic oxidation sites excluding steroid dienone is 3. The van der Waals surface area contributed by atoms with Gasteiger partial charge in [-0.05, 0) is 49.0 Å². The van der Waals surface area contributed by atoms with Crippen molar-refractivity contribution in [3.05, 3.63) is 64.1 Å². The van der Waals surface area contributed by atoms with Crippen LogP contribution in [-0.2, 0) is 12.2 Å². The van der Waals surface area contributed by atoms with Gasteiger partial charge < -0.3 is 0 Å². The average Bonchev–Trinajstić information content (AvgIpc) is 3.02. The van der Waals surface area contributed by atoms with Gasteiger partial charge >= 0.3 is 0 Å². The zero-order valence-electron chi connectivity index (χ0n) is 14.4. The lowest BCUT2D eigenvalue weighted by atomic mass is 10.0. The Bertz CT molecular complexity index is 749. The number of nitrogens with one attached hydrogen (secondary N) is 1. The van der Waals surface area contributed by atoms with Crippen molar-refractivity contribution in [2.24, 2.45) is 0 Å². The van der Waals surface area contributed by atoms with E-state index in [1.807, 2.05) is 4.68 Å². The lowest BCUT2D eigenvalue weighted by Crippen LogP contribution is -2.14. The molecule has 3 rings (SSSR count). The predicted molar refractivity (Wildman–Crippen MR) is 108 cm³/mol. The Labute approximate surface area is 161 Å². The fourth-order valence-corrected chi connectivity index (χ4v) is 3.79. The summed E-state index contributed by atoms with van der Waals surface area (Å²) in [6.07, 6.45) is 11.9. The van der Waals surface area contributed by atoms with Crippen LogP contribution in [-0.4, -0.2) is 14.9 Å². The van der Waals surface area contributed by atoms with Crippen molar-refractivity contribution in [2.45, 2.75) is 49.9 Å². The molecule has 1 aliphatic rings. The molecule has 0 atom stereocenters. The summed E-state index contributed by atoms with van der Waals surface area (Å²) in [4.78, 5) is 0. The molecule has 6 heteroatoms. The number of aromatic nitrogens is 3. The van der Waals surface area contributed by atoms with Gasteiger partial charge in [0.15, 0.2) is 5.82 Å². The van der Waals surface area contributed by atoms with Crippen LogP contribution in [0, 0.1) is 0 Å². The molecule has 2 aromatic rings. The van der Waals surface area contributed by atoms with E-state index < -0.39 is 0 Å². The number of aryl methyl sites for hydroxylation is 1. The SMILES string of the molecule is CCCc1nnc(SCc2ccc(Br)cc2)n1N/C=C1\CC=CCC1. The van der Waals surface area contributed by atoms with Crippen molar-refractivity contribution in [3.63, 3.8) is 0 Å². The van der Waals surface area contributed by atoms with Crippen LogP contribution in [0.25, 0.3) is 0 Å². The van der Waals surface area contributed by atoms with Gasteiger partial charge in [-0.15, -0.1) is 10.2 Å². The van der Waals surface area contributed by atoms with E-state index in [-0.39, 0.29) is 0 Å². The second-order valence-corrected chi connectivity index (χ2v) is 7.90. The van der Waals surface area contributed by atoms with Crippen LogP contribution in [0.1, 0.15) is 44.0 Å². The van der Waals surface area contributed by atoms with Gasteiger partial charge in [-0.2, -0.15) is 0 Å². The summed E-state index contributed by atoms with van der Waals surface area (Å²) in [7, 11) is 0. The maximum absolute atomic E-state index is 4.39. The summed E-state index contributed by atoms with van der Waals surface area (Å²) < 4.78 is 3.14. The molecule has 0 amide bonds. The van der Waals surface area contributed by atoms with Crippen molar-refractivity contribution < 1.29 is 0 Å². The molecule has 0 saturated carbocycles. The van der Waals surface area contributed by atoms with E-state index in [9.17, 15) is 0 Å². The maximum Gasteiger partial charge on any atom is 0.210 e. The number of nitrogens with zero attached hydrogens (tertiary/aromatic N) is 3. The third-order valence-corrected chi connectivity index (χ3v) is 5.56. The molecule has 0 unspecified atom stereocenters. The molecule has 0 bridgehead atoms. The van der Waals surface area contributed by atoms with Gasteiger partial charge in [0.25, 0.3) is 0 Å². The Kier molecular flexibility index (Phi) is 6.76. The van der Waals surface area contributed by atoms with E-state index >= 15 is 0 Å². The molecule has 0 spiro atoms. The van der Waals surface area contributed by atoms with Gasteiger partial charge in [0.1, 0.15) is 0 Å². The van der Waals surface area contributed by atoms with Crippen molar-refractivity contribution in [1.82, 2.24) is 14.9 Å². The summed E-state index contributed by atoms with van der Waals surface area (Å²) in [5, 5.41) is 9.68. The quantitative estimate of drug-likeness (QED) is 0.479. The Hall–Kier alpha value is -1.53. The summed E-state index contributed by atoms with van der Waals surface area (Å²) in [5.74, 6) is 1.86. The largest absolute Gasteiger partial charge is 0.298 e. The second-order valence-electron chi connectivity index (χ2n) is 6.05. The first-order valence-electron chi connectivity index (χ1n) is 8.67. The van der Waals surface area contributed by atoms with Crippen LogP contribution in [0.5, 0.6) is 0 Å². The van der Waals surface area contributed by atoms with E-state index in [0.29, 0.717) is 0 Å². The van der Waals surface area contributed by atoms with Gasteiger partial charge in [-0.1, -0.05) is 58.9 Å². The van der Waals surface area contributed by atoms with Gasteiger partial charge in [0.05, 0.1) is 0 Å². The fourth-order valence-electron chi connectivity index (χ4n) is 2.65. The summed E-state index contributed by atoms with van der Waals surface area (Å²) >= 11 is 5.19. The van der Waals surface area contributed by atoms with Gasteiger partial charge in [-0.25, -0.2) is 4.68 Å². The Morgan fingerprint density at radius 1 is 1.24 bits per heavy atom. The van der Waals surface area contributed by atoms with Crippen LogP contribution < -0.4 is 5.43 Å². The zero-order chi connectivity index (χ0) is 17.5. The molecule has 1 aliphatic carbocycles. The average molecular weight is 419 g/mol. The maximum atomic E-state index is 4.39. The minimum atomic E-state index is 0.874. The lowest BCUT2D eigenvalue weighted by Gasteiger charge is -2.13. The Morgan fingerprint density at radius 2 is 2.08 bits per heavy atom. The van der Waals surface area contributed by atoms with Gasteiger partial charge in [0.2, 0.25) is 5.16 Å². The van der Waals surface area contributed by atoms with Gasteiger partial charge in [0, 0.05) is 22.8 Å². The lowest BCUT2D eigenvalue weighted by molar-refractivity contribution is 0.733. The highest BCUT2D eigenvalue weighted by atomic mass is 79.9. The third kappa shape index (κ3) is 5.22. The molecule has 0 aliphatic heterocycles. The minimum Gasteiger partial charge on any atom is -0.298 e. The second kappa shape index (κ2) is 9.25. The van der Waals surface area contributed by atoms with Crippen LogP contribution in [0.15, 0.2) is 57.8 Å². The number of halogens is 1. The van der Waals surface area contributed by atoms with Crippen molar-refractivity contribution in [3.8, 4) is 0 Å². The number of benzene rings is 1. The Morgan fingerprint density at radius 3 is 2.80 bits per heavy atom. The first-order chi connectivity index (χ1) is 12.3. The van der Waals surface area contributed by atoms with E-state index in [1.165, 1.54) is 11.1 Å². The number of hydrogen-bond acceptors (Lipinski definition) is 4. The molecule has 132 valence electrons. The van der Waals surface area contributed by atoms with Crippen LogP contribution >= 0.6 is 27.7 Å². The molecule has 25 heavy (non-hydrogen) atoms. The van der Waals surface area contributed by atoms with E-state index in [0.717, 1.165) is 53.3 Å². The smallest absolute Gasteiger partial charge is 0.210 e. The van der Waals surface area contributed by atoms with Crippen molar-refractivity contribution >= 4 is 27.7 Å². The summed E-state index contributed by atoms with van der Waals surface area (Å²) in [6, 6.07) is 8.41. The molecule has 1 N–H and O–H groups in total. The van der Waals surface area contributed by atoms with Crippen LogP contribution in [0.4, 0.5) is 0 Å². The Balaban J connectivity index is 1.71. The standard InChI is InChI=1S/C19H23BrN4S/c1-2-6-18-22-23-19(25-14-16-9-11-17(20)12-10-16)24(18)21-13-15-7-4-3-5-8-15/h3-4,9-13,21H,2,5-8,14H2,1H3/b15-13+. The highest BCUT2D eigenvalue weighted by Crippen LogP contribution is 2.23. The topological polar surface area (TPSA) is 42.7 Å². The monoisotopic (exact) mass is 418 g/mol. The van der Waals surface area contributed by atoms with E-state index in [1.54, 1.807) is 11.8 Å².